The molecule has 0 aliphatic heterocycles. The van der Waals surface area contributed by atoms with Crippen LogP contribution in [0, 0.1) is 5.92 Å². The van der Waals surface area contributed by atoms with Crippen LogP contribution in [0.3, 0.4) is 0 Å². The highest BCUT2D eigenvalue weighted by Gasteiger charge is 2.45. The zero-order chi connectivity index (χ0) is 13.9. The number of hydrogen-bond donors (Lipinski definition) is 1. The van der Waals surface area contributed by atoms with Crippen LogP contribution in [-0.2, 0) is 9.59 Å². The van der Waals surface area contributed by atoms with Crippen LogP contribution < -0.4 is 5.73 Å². The van der Waals surface area contributed by atoms with Gasteiger partial charge in [-0.1, -0.05) is 0 Å². The van der Waals surface area contributed by atoms with Crippen LogP contribution in [0.25, 0.3) is 0 Å². The number of nitrogens with two attached hydrogens (primary N) is 1. The second kappa shape index (κ2) is 5.69. The zero-order valence-electron chi connectivity index (χ0n) is 11.9. The van der Waals surface area contributed by atoms with Gasteiger partial charge in [0.2, 0.25) is 11.8 Å². The van der Waals surface area contributed by atoms with E-state index in [1.165, 1.54) is 4.90 Å². The van der Waals surface area contributed by atoms with Gasteiger partial charge in [0.15, 0.2) is 0 Å². The molecule has 1 aliphatic rings. The van der Waals surface area contributed by atoms with Gasteiger partial charge in [-0.25, -0.2) is 0 Å². The highest BCUT2D eigenvalue weighted by Crippen LogP contribution is 2.38. The molecule has 0 aromatic carbocycles. The summed E-state index contributed by atoms with van der Waals surface area (Å²) in [4.78, 5) is 27.3. The third-order valence-electron chi connectivity index (χ3n) is 3.72. The standard InChI is InChI=1S/C13H25N3O2/c1-5-16(6-2)11(17)9-15(4)12(18)13(3,14)10-7-8-10/h10H,5-9,14H2,1-4H3. The summed E-state index contributed by atoms with van der Waals surface area (Å²) in [5.41, 5.74) is 5.25. The van der Waals surface area contributed by atoms with E-state index in [0.717, 1.165) is 12.8 Å². The van der Waals surface area contributed by atoms with Crippen LogP contribution in [0.2, 0.25) is 0 Å². The van der Waals surface area contributed by atoms with E-state index in [9.17, 15) is 9.59 Å². The van der Waals surface area contributed by atoms with Crippen LogP contribution in [0.5, 0.6) is 0 Å². The lowest BCUT2D eigenvalue weighted by Crippen LogP contribution is -2.55. The van der Waals surface area contributed by atoms with E-state index in [1.54, 1.807) is 18.9 Å². The van der Waals surface area contributed by atoms with Crippen LogP contribution in [-0.4, -0.2) is 53.8 Å². The summed E-state index contributed by atoms with van der Waals surface area (Å²) < 4.78 is 0. The zero-order valence-corrected chi connectivity index (χ0v) is 11.9. The molecular formula is C13H25N3O2. The van der Waals surface area contributed by atoms with Crippen molar-refractivity contribution < 1.29 is 9.59 Å². The van der Waals surface area contributed by atoms with E-state index in [-0.39, 0.29) is 24.3 Å². The van der Waals surface area contributed by atoms with E-state index >= 15 is 0 Å². The van der Waals surface area contributed by atoms with Crippen molar-refractivity contribution in [2.75, 3.05) is 26.7 Å². The molecule has 5 heteroatoms. The molecule has 1 rings (SSSR count). The summed E-state index contributed by atoms with van der Waals surface area (Å²) in [6, 6.07) is 0. The molecule has 1 fully saturated rings. The van der Waals surface area contributed by atoms with Gasteiger partial charge in [0.1, 0.15) is 0 Å². The summed E-state index contributed by atoms with van der Waals surface area (Å²) in [5, 5.41) is 0. The number of carbonyl (C=O) groups excluding carboxylic acids is 2. The average Bonchev–Trinajstić information content (AvgIpc) is 3.13. The first kappa shape index (κ1) is 15.0. The minimum Gasteiger partial charge on any atom is -0.342 e. The molecule has 1 saturated carbocycles. The third kappa shape index (κ3) is 3.22. The number of rotatable bonds is 6. The Morgan fingerprint density at radius 1 is 1.28 bits per heavy atom. The van der Waals surface area contributed by atoms with Gasteiger partial charge >= 0.3 is 0 Å². The minimum absolute atomic E-state index is 0.0255. The molecule has 2 N–H and O–H groups in total. The molecular weight excluding hydrogens is 230 g/mol. The molecule has 104 valence electrons. The molecule has 0 aromatic rings. The molecule has 1 aliphatic carbocycles. The summed E-state index contributed by atoms with van der Waals surface area (Å²) in [5.74, 6) is 0.115. The molecule has 1 atom stereocenters. The molecule has 1 unspecified atom stereocenters. The monoisotopic (exact) mass is 255 g/mol. The van der Waals surface area contributed by atoms with Gasteiger partial charge < -0.3 is 15.5 Å². The smallest absolute Gasteiger partial charge is 0.242 e. The Bertz CT molecular complexity index is 320. The fourth-order valence-corrected chi connectivity index (χ4v) is 2.22. The van der Waals surface area contributed by atoms with Gasteiger partial charge in [-0.05, 0) is 39.5 Å². The normalized spacial score (nSPS) is 18.1. The molecule has 18 heavy (non-hydrogen) atoms. The molecule has 5 nitrogen and oxygen atoms in total. The fraction of sp³-hybridized carbons (Fsp3) is 0.846. The Kier molecular flexibility index (Phi) is 4.73. The van der Waals surface area contributed by atoms with E-state index in [1.807, 2.05) is 13.8 Å². The topological polar surface area (TPSA) is 66.6 Å². The van der Waals surface area contributed by atoms with E-state index in [2.05, 4.69) is 0 Å². The van der Waals surface area contributed by atoms with Crippen molar-refractivity contribution in [3.63, 3.8) is 0 Å². The van der Waals surface area contributed by atoms with Gasteiger partial charge in [-0.3, -0.25) is 9.59 Å². The van der Waals surface area contributed by atoms with Crippen molar-refractivity contribution in [1.29, 1.82) is 0 Å². The first-order chi connectivity index (χ1) is 8.34. The van der Waals surface area contributed by atoms with Gasteiger partial charge in [-0.2, -0.15) is 0 Å². The SMILES string of the molecule is CCN(CC)C(=O)CN(C)C(=O)C(C)(N)C1CC1. The minimum atomic E-state index is -0.821. The summed E-state index contributed by atoms with van der Waals surface area (Å²) in [7, 11) is 1.65. The van der Waals surface area contributed by atoms with Crippen LogP contribution in [0.1, 0.15) is 33.6 Å². The Morgan fingerprint density at radius 3 is 2.17 bits per heavy atom. The van der Waals surface area contributed by atoms with Crippen molar-refractivity contribution in [3.8, 4) is 0 Å². The Balaban J connectivity index is 2.56. The molecule has 2 amide bonds. The van der Waals surface area contributed by atoms with Crippen LogP contribution in [0.15, 0.2) is 0 Å². The maximum atomic E-state index is 12.2. The number of nitrogens with zero attached hydrogens (tertiary/aromatic N) is 2. The predicted octanol–water partition coefficient (Wildman–Crippen LogP) is 0.441. The lowest BCUT2D eigenvalue weighted by atomic mass is 9.95. The molecule has 0 spiro atoms. The van der Waals surface area contributed by atoms with E-state index in [4.69, 9.17) is 5.73 Å². The third-order valence-corrected chi connectivity index (χ3v) is 3.72. The number of carbonyl (C=O) groups is 2. The first-order valence-corrected chi connectivity index (χ1v) is 6.66. The average molecular weight is 255 g/mol. The molecule has 0 aromatic heterocycles. The van der Waals surface area contributed by atoms with Gasteiger partial charge in [0, 0.05) is 20.1 Å². The van der Waals surface area contributed by atoms with E-state index in [0.29, 0.717) is 13.1 Å². The highest BCUT2D eigenvalue weighted by atomic mass is 16.2. The fourth-order valence-electron chi connectivity index (χ4n) is 2.22. The maximum Gasteiger partial charge on any atom is 0.242 e. The Morgan fingerprint density at radius 2 is 1.78 bits per heavy atom. The van der Waals surface area contributed by atoms with Crippen molar-refractivity contribution in [2.45, 2.75) is 39.2 Å². The Hall–Kier alpha value is -1.10. The molecule has 0 heterocycles. The second-order valence-electron chi connectivity index (χ2n) is 5.28. The first-order valence-electron chi connectivity index (χ1n) is 6.66. The lowest BCUT2D eigenvalue weighted by Gasteiger charge is -2.30. The number of hydrogen-bond acceptors (Lipinski definition) is 3. The predicted molar refractivity (Wildman–Crippen MR) is 70.9 cm³/mol. The second-order valence-corrected chi connectivity index (χ2v) is 5.28. The van der Waals surface area contributed by atoms with Crippen molar-refractivity contribution in [1.82, 2.24) is 9.80 Å². The summed E-state index contributed by atoms with van der Waals surface area (Å²) in [6.07, 6.45) is 2.02. The van der Waals surface area contributed by atoms with Crippen LogP contribution in [0.4, 0.5) is 0 Å². The quantitative estimate of drug-likeness (QED) is 0.749. The van der Waals surface area contributed by atoms with Crippen LogP contribution >= 0.6 is 0 Å². The molecule has 0 radical (unpaired) electrons. The number of amides is 2. The summed E-state index contributed by atoms with van der Waals surface area (Å²) in [6.45, 7) is 7.08. The number of likely N-dealkylation sites (N-methyl/N-ethyl adjacent to an activating group) is 2. The molecule has 0 saturated heterocycles. The van der Waals surface area contributed by atoms with Crippen molar-refractivity contribution in [3.05, 3.63) is 0 Å². The molecule has 0 bridgehead atoms. The maximum absolute atomic E-state index is 12.2. The summed E-state index contributed by atoms with van der Waals surface area (Å²) >= 11 is 0. The van der Waals surface area contributed by atoms with Gasteiger partial charge in [0.25, 0.3) is 0 Å². The van der Waals surface area contributed by atoms with Gasteiger partial charge in [0.05, 0.1) is 12.1 Å². The lowest BCUT2D eigenvalue weighted by molar-refractivity contribution is -0.142. The van der Waals surface area contributed by atoms with E-state index < -0.39 is 5.54 Å². The van der Waals surface area contributed by atoms with Gasteiger partial charge in [-0.15, -0.1) is 0 Å². The largest absolute Gasteiger partial charge is 0.342 e. The van der Waals surface area contributed by atoms with Crippen molar-refractivity contribution >= 4 is 11.8 Å². The highest BCUT2D eigenvalue weighted by molar-refractivity contribution is 5.90. The Labute approximate surface area is 109 Å². The van der Waals surface area contributed by atoms with Crippen molar-refractivity contribution in [2.24, 2.45) is 11.7 Å².